The number of anilines is 2. The van der Waals surface area contributed by atoms with Gasteiger partial charge in [0, 0.05) is 34.0 Å². The van der Waals surface area contributed by atoms with E-state index in [1.807, 2.05) is 42.5 Å². The van der Waals surface area contributed by atoms with Gasteiger partial charge in [-0.1, -0.05) is 33.6 Å². The lowest BCUT2D eigenvalue weighted by molar-refractivity contribution is 0.832. The Balaban J connectivity index is 2.21. The molecular weight excluding hydrogens is 324 g/mol. The van der Waals surface area contributed by atoms with E-state index in [0.717, 1.165) is 39.5 Å². The molecule has 0 saturated carbocycles. The minimum Gasteiger partial charge on any atom is -0.399 e. The number of rotatable bonds is 4. The third kappa shape index (κ3) is 3.64. The third-order valence-corrected chi connectivity index (χ3v) is 3.86. The molecule has 2 aromatic rings. The number of benzene rings is 2. The van der Waals surface area contributed by atoms with Crippen molar-refractivity contribution in [2.45, 2.75) is 13.5 Å². The van der Waals surface area contributed by atoms with Gasteiger partial charge >= 0.3 is 0 Å². The first kappa shape index (κ1) is 14.2. The lowest BCUT2D eigenvalue weighted by Gasteiger charge is -2.24. The molecule has 0 aliphatic heterocycles. The van der Waals surface area contributed by atoms with E-state index in [2.05, 4.69) is 27.8 Å². The SMILES string of the molecule is CCN(Cc1ccc(Br)cc1Cl)c1ccc(N)cc1. The molecule has 0 aliphatic rings. The maximum atomic E-state index is 6.27. The Morgan fingerprint density at radius 1 is 1.16 bits per heavy atom. The van der Waals surface area contributed by atoms with Gasteiger partial charge in [0.1, 0.15) is 0 Å². The second kappa shape index (κ2) is 6.31. The van der Waals surface area contributed by atoms with E-state index in [1.165, 1.54) is 0 Å². The number of nitrogens with zero attached hydrogens (tertiary/aromatic N) is 1. The fourth-order valence-electron chi connectivity index (χ4n) is 1.93. The summed E-state index contributed by atoms with van der Waals surface area (Å²) in [5.41, 5.74) is 8.76. The molecule has 0 fully saturated rings. The normalized spacial score (nSPS) is 10.5. The van der Waals surface area contributed by atoms with Crippen molar-refractivity contribution in [3.05, 3.63) is 57.5 Å². The molecule has 2 rings (SSSR count). The fourth-order valence-corrected chi connectivity index (χ4v) is 2.66. The zero-order valence-electron chi connectivity index (χ0n) is 10.7. The maximum Gasteiger partial charge on any atom is 0.0467 e. The second-order valence-electron chi connectivity index (χ2n) is 4.34. The summed E-state index contributed by atoms with van der Waals surface area (Å²) in [6, 6.07) is 13.9. The van der Waals surface area contributed by atoms with Gasteiger partial charge in [-0.3, -0.25) is 0 Å². The van der Waals surface area contributed by atoms with Crippen LogP contribution in [0.5, 0.6) is 0 Å². The fraction of sp³-hybridized carbons (Fsp3) is 0.200. The van der Waals surface area contributed by atoms with Gasteiger partial charge in [-0.05, 0) is 48.9 Å². The van der Waals surface area contributed by atoms with Gasteiger partial charge in [-0.2, -0.15) is 0 Å². The van der Waals surface area contributed by atoms with Gasteiger partial charge in [0.25, 0.3) is 0 Å². The van der Waals surface area contributed by atoms with E-state index in [-0.39, 0.29) is 0 Å². The van der Waals surface area contributed by atoms with E-state index < -0.39 is 0 Å². The lowest BCUT2D eigenvalue weighted by atomic mass is 10.2. The number of halogens is 2. The first-order valence-corrected chi connectivity index (χ1v) is 7.31. The van der Waals surface area contributed by atoms with Crippen molar-refractivity contribution >= 4 is 38.9 Å². The summed E-state index contributed by atoms with van der Waals surface area (Å²) in [5.74, 6) is 0. The average molecular weight is 340 g/mol. The van der Waals surface area contributed by atoms with Crippen LogP contribution < -0.4 is 10.6 Å². The standard InChI is InChI=1S/C15H16BrClN2/c1-2-19(14-7-5-13(18)6-8-14)10-11-3-4-12(16)9-15(11)17/h3-9H,2,10,18H2,1H3. The van der Waals surface area contributed by atoms with Crippen LogP contribution in [0.1, 0.15) is 12.5 Å². The van der Waals surface area contributed by atoms with E-state index in [4.69, 9.17) is 17.3 Å². The predicted molar refractivity (Wildman–Crippen MR) is 86.7 cm³/mol. The Bertz CT molecular complexity index is 555. The maximum absolute atomic E-state index is 6.27. The number of hydrogen-bond acceptors (Lipinski definition) is 2. The summed E-state index contributed by atoms with van der Waals surface area (Å²) in [4.78, 5) is 2.26. The van der Waals surface area contributed by atoms with E-state index >= 15 is 0 Å². The third-order valence-electron chi connectivity index (χ3n) is 3.02. The Kier molecular flexibility index (Phi) is 4.72. The summed E-state index contributed by atoms with van der Waals surface area (Å²) >= 11 is 9.69. The molecule has 0 amide bonds. The van der Waals surface area contributed by atoms with E-state index in [9.17, 15) is 0 Å². The molecule has 0 heterocycles. The van der Waals surface area contributed by atoms with Gasteiger partial charge < -0.3 is 10.6 Å². The highest BCUT2D eigenvalue weighted by atomic mass is 79.9. The topological polar surface area (TPSA) is 29.3 Å². The largest absolute Gasteiger partial charge is 0.399 e. The van der Waals surface area contributed by atoms with Gasteiger partial charge in [-0.15, -0.1) is 0 Å². The van der Waals surface area contributed by atoms with Crippen LogP contribution in [0.2, 0.25) is 5.02 Å². The molecule has 19 heavy (non-hydrogen) atoms. The quantitative estimate of drug-likeness (QED) is 0.817. The Morgan fingerprint density at radius 2 is 1.84 bits per heavy atom. The van der Waals surface area contributed by atoms with Crippen LogP contribution in [0.25, 0.3) is 0 Å². The molecule has 2 nitrogen and oxygen atoms in total. The monoisotopic (exact) mass is 338 g/mol. The van der Waals surface area contributed by atoms with E-state index in [1.54, 1.807) is 0 Å². The van der Waals surface area contributed by atoms with Crippen LogP contribution in [0.4, 0.5) is 11.4 Å². The summed E-state index contributed by atoms with van der Waals surface area (Å²) in [6.07, 6.45) is 0. The number of nitrogen functional groups attached to an aromatic ring is 1. The van der Waals surface area contributed by atoms with Crippen molar-refractivity contribution in [3.63, 3.8) is 0 Å². The molecular formula is C15H16BrClN2. The van der Waals surface area contributed by atoms with Gasteiger partial charge in [0.05, 0.1) is 0 Å². The molecule has 0 radical (unpaired) electrons. The van der Waals surface area contributed by atoms with Crippen LogP contribution in [-0.2, 0) is 6.54 Å². The summed E-state index contributed by atoms with van der Waals surface area (Å²) < 4.78 is 0.997. The highest BCUT2D eigenvalue weighted by Gasteiger charge is 2.08. The minimum atomic E-state index is 0.779. The zero-order chi connectivity index (χ0) is 13.8. The molecule has 0 atom stereocenters. The lowest BCUT2D eigenvalue weighted by Crippen LogP contribution is -2.22. The van der Waals surface area contributed by atoms with Crippen LogP contribution in [0.15, 0.2) is 46.9 Å². The van der Waals surface area contributed by atoms with E-state index in [0.29, 0.717) is 0 Å². The molecule has 0 aromatic heterocycles. The highest BCUT2D eigenvalue weighted by molar-refractivity contribution is 9.10. The Morgan fingerprint density at radius 3 is 2.42 bits per heavy atom. The van der Waals surface area contributed by atoms with Crippen LogP contribution in [-0.4, -0.2) is 6.54 Å². The van der Waals surface area contributed by atoms with Crippen LogP contribution in [0, 0.1) is 0 Å². The molecule has 0 spiro atoms. The van der Waals surface area contributed by atoms with Crippen molar-refractivity contribution < 1.29 is 0 Å². The smallest absolute Gasteiger partial charge is 0.0467 e. The first-order valence-electron chi connectivity index (χ1n) is 6.14. The van der Waals surface area contributed by atoms with Crippen molar-refractivity contribution in [1.29, 1.82) is 0 Å². The summed E-state index contributed by atoms with van der Waals surface area (Å²) in [7, 11) is 0. The molecule has 2 N–H and O–H groups in total. The zero-order valence-corrected chi connectivity index (χ0v) is 13.1. The molecule has 0 bridgehead atoms. The molecule has 4 heteroatoms. The van der Waals surface area contributed by atoms with Crippen LogP contribution >= 0.6 is 27.5 Å². The minimum absolute atomic E-state index is 0.779. The molecule has 0 unspecified atom stereocenters. The van der Waals surface area contributed by atoms with Gasteiger partial charge in [0.2, 0.25) is 0 Å². The highest BCUT2D eigenvalue weighted by Crippen LogP contribution is 2.25. The van der Waals surface area contributed by atoms with Crippen molar-refractivity contribution in [2.24, 2.45) is 0 Å². The molecule has 0 saturated heterocycles. The first-order chi connectivity index (χ1) is 9.10. The van der Waals surface area contributed by atoms with Crippen molar-refractivity contribution in [3.8, 4) is 0 Å². The van der Waals surface area contributed by atoms with Gasteiger partial charge in [0.15, 0.2) is 0 Å². The molecule has 0 aliphatic carbocycles. The second-order valence-corrected chi connectivity index (χ2v) is 5.66. The summed E-state index contributed by atoms with van der Waals surface area (Å²) in [6.45, 7) is 3.83. The molecule has 100 valence electrons. The number of hydrogen-bond donors (Lipinski definition) is 1. The van der Waals surface area contributed by atoms with Crippen molar-refractivity contribution in [2.75, 3.05) is 17.2 Å². The van der Waals surface area contributed by atoms with Gasteiger partial charge in [-0.25, -0.2) is 0 Å². The molecule has 2 aromatic carbocycles. The summed E-state index contributed by atoms with van der Waals surface area (Å²) in [5, 5.41) is 0.781. The Hall–Kier alpha value is -1.19. The number of nitrogens with two attached hydrogens (primary N) is 1. The average Bonchev–Trinajstić information content (AvgIpc) is 2.39. The van der Waals surface area contributed by atoms with Crippen molar-refractivity contribution in [1.82, 2.24) is 0 Å². The Labute approximate surface area is 127 Å². The predicted octanol–water partition coefficient (Wildman–Crippen LogP) is 4.71. The van der Waals surface area contributed by atoms with Crippen LogP contribution in [0.3, 0.4) is 0 Å².